The van der Waals surface area contributed by atoms with E-state index >= 15 is 0 Å². The molecule has 0 unspecified atom stereocenters. The molecule has 0 radical (unpaired) electrons. The highest BCUT2D eigenvalue weighted by molar-refractivity contribution is 5.94. The zero-order chi connectivity index (χ0) is 36.2. The fourth-order valence-electron chi connectivity index (χ4n) is 4.44. The second kappa shape index (κ2) is 17.8. The Kier molecular flexibility index (Phi) is 14.8. The molecule has 266 valence electrons. The smallest absolute Gasteiger partial charge is 0.386 e. The van der Waals surface area contributed by atoms with E-state index < -0.39 is 59.4 Å². The molecule has 0 bridgehead atoms. The molecule has 0 saturated carbocycles. The van der Waals surface area contributed by atoms with Gasteiger partial charge in [0.05, 0.1) is 17.2 Å². The van der Waals surface area contributed by atoms with E-state index in [0.717, 1.165) is 41.3 Å². The van der Waals surface area contributed by atoms with Crippen LogP contribution in [-0.4, -0.2) is 96.9 Å². The summed E-state index contributed by atoms with van der Waals surface area (Å²) in [6, 6.07) is 3.57. The minimum Gasteiger partial charge on any atom is -0.386 e. The largest absolute Gasteiger partial charge is 0.416 e. The van der Waals surface area contributed by atoms with E-state index in [1.54, 1.807) is 0 Å². The molecule has 18 heteroatoms. The van der Waals surface area contributed by atoms with Crippen LogP contribution in [0.1, 0.15) is 46.0 Å². The fraction of sp³-hybridized carbons (Fsp3) is 0.467. The third-order valence-corrected chi connectivity index (χ3v) is 7.20. The molecular formula is C30H39F6N7O5. The third-order valence-electron chi connectivity index (χ3n) is 7.20. The summed E-state index contributed by atoms with van der Waals surface area (Å²) in [5, 5.41) is 15.8. The lowest BCUT2D eigenvalue weighted by Crippen LogP contribution is -2.55. The minimum atomic E-state index is -4.67. The first-order valence-corrected chi connectivity index (χ1v) is 14.7. The molecule has 2 aromatic rings. The summed E-state index contributed by atoms with van der Waals surface area (Å²) in [5.41, 5.74) is 14.8. The van der Waals surface area contributed by atoms with Gasteiger partial charge in [0.1, 0.15) is 12.1 Å². The van der Waals surface area contributed by atoms with Crippen molar-refractivity contribution in [2.75, 3.05) is 46.3 Å². The third kappa shape index (κ3) is 11.8. The Bertz CT molecular complexity index is 1370. The summed E-state index contributed by atoms with van der Waals surface area (Å²) in [6.45, 7) is 0.389. The van der Waals surface area contributed by atoms with Gasteiger partial charge in [0.15, 0.2) is 0 Å². The van der Waals surface area contributed by atoms with Crippen molar-refractivity contribution >= 4 is 23.6 Å². The maximum Gasteiger partial charge on any atom is 0.416 e. The summed E-state index contributed by atoms with van der Waals surface area (Å²) < 4.78 is 77.6. The van der Waals surface area contributed by atoms with Crippen LogP contribution < -0.4 is 27.8 Å². The number of amides is 4. The van der Waals surface area contributed by atoms with E-state index in [0.29, 0.717) is 12.1 Å². The summed E-state index contributed by atoms with van der Waals surface area (Å²) in [5.74, 6) is -2.97. The van der Waals surface area contributed by atoms with Gasteiger partial charge in [-0.25, -0.2) is 0 Å². The fourth-order valence-corrected chi connectivity index (χ4v) is 4.44. The highest BCUT2D eigenvalue weighted by Crippen LogP contribution is 2.31. The minimum absolute atomic E-state index is 0.0820. The monoisotopic (exact) mass is 691 g/mol. The molecule has 0 saturated heterocycles. The number of aliphatic hydroxyl groups excluding tert-OH is 1. The average molecular weight is 692 g/mol. The zero-order valence-electron chi connectivity index (χ0n) is 26.0. The van der Waals surface area contributed by atoms with Crippen LogP contribution in [0.2, 0.25) is 0 Å². The molecule has 0 aliphatic rings. The molecule has 3 atom stereocenters. The number of benzene rings is 2. The van der Waals surface area contributed by atoms with Crippen LogP contribution in [0.3, 0.4) is 0 Å². The number of nitrogens with one attached hydrogen (secondary N) is 2. The number of carbonyl (C=O) groups excluding carboxylic acids is 4. The normalized spacial score (nSPS) is 13.6. The van der Waals surface area contributed by atoms with Crippen molar-refractivity contribution in [2.45, 2.75) is 43.4 Å². The van der Waals surface area contributed by atoms with Crippen LogP contribution in [0.5, 0.6) is 0 Å². The molecule has 2 aromatic carbocycles. The van der Waals surface area contributed by atoms with Gasteiger partial charge in [0.2, 0.25) is 17.7 Å². The summed E-state index contributed by atoms with van der Waals surface area (Å²) in [6.07, 6.45) is -11.5. The Balaban J connectivity index is 2.16. The van der Waals surface area contributed by atoms with Gasteiger partial charge in [0, 0.05) is 58.3 Å². The molecule has 0 aliphatic heterocycles. The second-order valence-corrected chi connectivity index (χ2v) is 10.7. The molecule has 9 N–H and O–H groups in total. The summed E-state index contributed by atoms with van der Waals surface area (Å²) >= 11 is 0. The van der Waals surface area contributed by atoms with Gasteiger partial charge < -0.3 is 42.7 Å². The second-order valence-electron chi connectivity index (χ2n) is 10.7. The molecule has 0 aliphatic carbocycles. The molecule has 12 nitrogen and oxygen atoms in total. The predicted molar refractivity (Wildman–Crippen MR) is 162 cm³/mol. The standard InChI is InChI=1S/C30H39F6N7O5/c1-42(17-14-40-26(46)19-4-8-21(9-5-19)30(34,35)36)28(48)24(25(45)18-2-6-20(7-3-18)29(31,32)33)41-27(47)22(39)10-11-23(44)43(15-12-37)16-13-38/h2-9,22,24-25,45H,10-17,37-39H2,1H3,(H,40,46)(H,41,47)/t22-,24-,25+/m0/s1. The highest BCUT2D eigenvalue weighted by Gasteiger charge is 2.35. The van der Waals surface area contributed by atoms with Crippen molar-refractivity contribution in [3.8, 4) is 0 Å². The molecule has 0 aromatic heterocycles. The van der Waals surface area contributed by atoms with Gasteiger partial charge >= 0.3 is 12.4 Å². The van der Waals surface area contributed by atoms with Gasteiger partial charge in [-0.1, -0.05) is 12.1 Å². The molecule has 4 amide bonds. The van der Waals surface area contributed by atoms with Crippen molar-refractivity contribution in [1.29, 1.82) is 0 Å². The van der Waals surface area contributed by atoms with Gasteiger partial charge in [-0.3, -0.25) is 19.2 Å². The van der Waals surface area contributed by atoms with E-state index in [-0.39, 0.29) is 69.1 Å². The Hall–Kier alpha value is -4.26. The van der Waals surface area contributed by atoms with E-state index in [1.165, 1.54) is 11.9 Å². The molecule has 0 fully saturated rings. The lowest BCUT2D eigenvalue weighted by atomic mass is 9.99. The molecule has 0 spiro atoms. The van der Waals surface area contributed by atoms with E-state index in [9.17, 15) is 50.6 Å². The number of aliphatic hydroxyl groups is 1. The van der Waals surface area contributed by atoms with Crippen molar-refractivity contribution in [2.24, 2.45) is 17.2 Å². The van der Waals surface area contributed by atoms with Crippen molar-refractivity contribution in [1.82, 2.24) is 20.4 Å². The quantitative estimate of drug-likeness (QED) is 0.140. The van der Waals surface area contributed by atoms with Crippen molar-refractivity contribution in [3.05, 3.63) is 70.8 Å². The molecule has 48 heavy (non-hydrogen) atoms. The number of nitrogens with two attached hydrogens (primary N) is 3. The number of likely N-dealkylation sites (N-methyl/N-ethyl adjacent to an activating group) is 1. The maximum atomic E-state index is 13.4. The Morgan fingerprint density at radius 2 is 1.33 bits per heavy atom. The van der Waals surface area contributed by atoms with Gasteiger partial charge in [-0.05, 0) is 48.4 Å². The van der Waals surface area contributed by atoms with E-state index in [4.69, 9.17) is 17.2 Å². The molecular weight excluding hydrogens is 652 g/mol. The van der Waals surface area contributed by atoms with Crippen LogP contribution >= 0.6 is 0 Å². The van der Waals surface area contributed by atoms with Crippen LogP contribution in [0.25, 0.3) is 0 Å². The summed E-state index contributed by atoms with van der Waals surface area (Å²) in [4.78, 5) is 53.8. The molecule has 0 heterocycles. The lowest BCUT2D eigenvalue weighted by Gasteiger charge is -2.29. The van der Waals surface area contributed by atoms with E-state index in [2.05, 4.69) is 10.6 Å². The number of nitrogens with zero attached hydrogens (tertiary/aromatic N) is 2. The van der Waals surface area contributed by atoms with Gasteiger partial charge in [-0.15, -0.1) is 0 Å². The van der Waals surface area contributed by atoms with Crippen molar-refractivity contribution < 1.29 is 50.6 Å². The number of carbonyl (C=O) groups is 4. The van der Waals surface area contributed by atoms with Crippen LogP contribution in [-0.2, 0) is 26.7 Å². The molecule has 2 rings (SSSR count). The zero-order valence-corrected chi connectivity index (χ0v) is 26.0. The SMILES string of the molecule is CN(CCNC(=O)c1ccc(C(F)(F)F)cc1)C(=O)[C@@H](NC(=O)[C@@H](N)CCC(=O)N(CCN)CCN)[C@H](O)c1ccc(C(F)(F)F)cc1. The first kappa shape index (κ1) is 39.9. The number of hydrogen-bond acceptors (Lipinski definition) is 8. The first-order chi connectivity index (χ1) is 22.4. The highest BCUT2D eigenvalue weighted by atomic mass is 19.4. The number of rotatable bonds is 16. The Morgan fingerprint density at radius 3 is 1.81 bits per heavy atom. The Labute approximate surface area is 272 Å². The average Bonchev–Trinajstić information content (AvgIpc) is 3.04. The van der Waals surface area contributed by atoms with Crippen LogP contribution in [0, 0.1) is 0 Å². The van der Waals surface area contributed by atoms with Crippen molar-refractivity contribution in [3.63, 3.8) is 0 Å². The summed E-state index contributed by atoms with van der Waals surface area (Å²) in [7, 11) is 1.26. The predicted octanol–water partition coefficient (Wildman–Crippen LogP) is 0.984. The first-order valence-electron chi connectivity index (χ1n) is 14.7. The number of halogens is 6. The Morgan fingerprint density at radius 1 is 0.833 bits per heavy atom. The van der Waals surface area contributed by atoms with Crippen LogP contribution in [0.4, 0.5) is 26.3 Å². The van der Waals surface area contributed by atoms with Gasteiger partial charge in [-0.2, -0.15) is 26.3 Å². The van der Waals surface area contributed by atoms with Crippen LogP contribution in [0.15, 0.2) is 48.5 Å². The number of hydrogen-bond donors (Lipinski definition) is 6. The van der Waals surface area contributed by atoms with E-state index in [1.807, 2.05) is 0 Å². The van der Waals surface area contributed by atoms with Gasteiger partial charge in [0.25, 0.3) is 5.91 Å². The number of alkyl halides is 6. The topological polar surface area (TPSA) is 197 Å². The maximum absolute atomic E-state index is 13.4. The lowest BCUT2D eigenvalue weighted by molar-refractivity contribution is -0.139.